The molecule has 0 saturated heterocycles. The van der Waals surface area contributed by atoms with Crippen LogP contribution in [-0.4, -0.2) is 51.2 Å². The van der Waals surface area contributed by atoms with Crippen LogP contribution in [0.4, 0.5) is 8.78 Å². The molecule has 0 aliphatic heterocycles. The Morgan fingerprint density at radius 2 is 1.85 bits per heavy atom. The molecule has 0 N–H and O–H groups in total. The molecule has 0 aliphatic rings. The van der Waals surface area contributed by atoms with Gasteiger partial charge in [-0.3, -0.25) is 14.6 Å². The van der Waals surface area contributed by atoms with E-state index in [0.29, 0.717) is 27.8 Å². The molecule has 0 spiro atoms. The van der Waals surface area contributed by atoms with Gasteiger partial charge in [-0.15, -0.1) is 0 Å². The van der Waals surface area contributed by atoms with Crippen LogP contribution in [0.2, 0.25) is 0 Å². The number of esters is 1. The smallest absolute Gasteiger partial charge is 0.333 e. The third-order valence-corrected chi connectivity index (χ3v) is 4.60. The molecule has 3 aromatic rings. The highest BCUT2D eigenvalue weighted by Crippen LogP contribution is 2.12. The number of alkyl halides is 2. The largest absolute Gasteiger partial charge is 0.460 e. The Balaban J connectivity index is 1.70. The van der Waals surface area contributed by atoms with Crippen molar-refractivity contribution in [2.24, 2.45) is 0 Å². The quantitative estimate of drug-likeness (QED) is 0.406. The number of hydrogen-bond acceptors (Lipinski definition) is 5. The van der Waals surface area contributed by atoms with Crippen LogP contribution in [0, 0.1) is 11.8 Å². The standard InChI is InChI=1S/C24H22F2N4O3/c1-17(31)33-22(11-18-6-4-3-5-7-18)16-29(2)23(32)21-10-19(12-27-14-21)8-9-20-13-28-30(15-20)24(25)26/h3-7,10,12-15,22,24H,11,16H2,1-2H3/t22-/m0/s1. The molecule has 0 unspecified atom stereocenters. The van der Waals surface area contributed by atoms with Crippen molar-refractivity contribution in [3.05, 3.63) is 83.4 Å². The molecular weight excluding hydrogens is 430 g/mol. The average molecular weight is 452 g/mol. The Morgan fingerprint density at radius 1 is 1.12 bits per heavy atom. The highest BCUT2D eigenvalue weighted by molar-refractivity contribution is 5.94. The summed E-state index contributed by atoms with van der Waals surface area (Å²) in [6.07, 6.45) is 5.21. The monoisotopic (exact) mass is 452 g/mol. The van der Waals surface area contributed by atoms with Gasteiger partial charge in [0.15, 0.2) is 0 Å². The molecule has 2 heterocycles. The van der Waals surface area contributed by atoms with Crippen LogP contribution >= 0.6 is 0 Å². The molecule has 1 amide bonds. The lowest BCUT2D eigenvalue weighted by atomic mass is 10.1. The van der Waals surface area contributed by atoms with E-state index in [1.54, 1.807) is 13.1 Å². The number of benzene rings is 1. The van der Waals surface area contributed by atoms with Crippen molar-refractivity contribution in [3.63, 3.8) is 0 Å². The van der Waals surface area contributed by atoms with Crippen molar-refractivity contribution in [1.29, 1.82) is 0 Å². The zero-order valence-corrected chi connectivity index (χ0v) is 18.1. The van der Waals surface area contributed by atoms with Crippen molar-refractivity contribution in [2.45, 2.75) is 26.0 Å². The summed E-state index contributed by atoms with van der Waals surface area (Å²) >= 11 is 0. The third kappa shape index (κ3) is 6.97. The van der Waals surface area contributed by atoms with E-state index in [1.165, 1.54) is 30.4 Å². The number of rotatable bonds is 7. The van der Waals surface area contributed by atoms with Gasteiger partial charge in [0.05, 0.1) is 23.9 Å². The number of halogens is 2. The number of aromatic nitrogens is 3. The molecule has 0 bridgehead atoms. The van der Waals surface area contributed by atoms with Crippen LogP contribution in [0.1, 0.15) is 40.5 Å². The normalized spacial score (nSPS) is 11.4. The van der Waals surface area contributed by atoms with Gasteiger partial charge in [-0.25, -0.2) is 4.68 Å². The topological polar surface area (TPSA) is 77.3 Å². The maximum atomic E-state index is 12.9. The molecule has 170 valence electrons. The molecule has 7 nitrogen and oxygen atoms in total. The number of likely N-dealkylation sites (N-methyl/N-ethyl adjacent to an activating group) is 1. The maximum absolute atomic E-state index is 12.9. The Bertz CT molecular complexity index is 1170. The van der Waals surface area contributed by atoms with E-state index in [9.17, 15) is 18.4 Å². The third-order valence-electron chi connectivity index (χ3n) is 4.60. The fraction of sp³-hybridized carbons (Fsp3) is 0.250. The molecule has 2 aromatic heterocycles. The number of pyridine rings is 1. The summed E-state index contributed by atoms with van der Waals surface area (Å²) in [5.74, 6) is 4.78. The van der Waals surface area contributed by atoms with E-state index < -0.39 is 18.6 Å². The second-order valence-corrected chi connectivity index (χ2v) is 7.31. The average Bonchev–Trinajstić information content (AvgIpc) is 3.27. The Morgan fingerprint density at radius 3 is 2.52 bits per heavy atom. The van der Waals surface area contributed by atoms with Gasteiger partial charge in [-0.05, 0) is 11.6 Å². The van der Waals surface area contributed by atoms with Crippen LogP contribution in [0.15, 0.2) is 61.2 Å². The molecule has 0 radical (unpaired) electrons. The number of hydrogen-bond donors (Lipinski definition) is 0. The summed E-state index contributed by atoms with van der Waals surface area (Å²) in [5, 5.41) is 3.53. The summed E-state index contributed by atoms with van der Waals surface area (Å²) in [4.78, 5) is 30.0. The van der Waals surface area contributed by atoms with E-state index >= 15 is 0 Å². The zero-order valence-electron chi connectivity index (χ0n) is 18.1. The SMILES string of the molecule is CC(=O)O[C@@H](Cc1ccccc1)CN(C)C(=O)c1cncc(C#Cc2cnn(C(F)F)c2)c1. The Kier molecular flexibility index (Phi) is 7.86. The second-order valence-electron chi connectivity index (χ2n) is 7.31. The van der Waals surface area contributed by atoms with Crippen LogP contribution in [0.3, 0.4) is 0 Å². The minimum absolute atomic E-state index is 0.191. The number of ether oxygens (including phenoxy) is 1. The van der Waals surface area contributed by atoms with Crippen LogP contribution in [-0.2, 0) is 16.0 Å². The highest BCUT2D eigenvalue weighted by Gasteiger charge is 2.20. The molecule has 1 aromatic carbocycles. The minimum atomic E-state index is -2.74. The van der Waals surface area contributed by atoms with Crippen molar-refractivity contribution < 1.29 is 23.1 Å². The first-order valence-electron chi connectivity index (χ1n) is 10.1. The molecule has 1 atom stereocenters. The van der Waals surface area contributed by atoms with Crippen molar-refractivity contribution in [2.75, 3.05) is 13.6 Å². The van der Waals surface area contributed by atoms with Gasteiger partial charge in [0, 0.05) is 44.5 Å². The van der Waals surface area contributed by atoms with Gasteiger partial charge in [0.2, 0.25) is 0 Å². The predicted molar refractivity (Wildman–Crippen MR) is 116 cm³/mol. The van der Waals surface area contributed by atoms with Gasteiger partial charge in [-0.1, -0.05) is 42.2 Å². The Hall–Kier alpha value is -4.06. The minimum Gasteiger partial charge on any atom is -0.460 e. The molecule has 3 rings (SSSR count). The lowest BCUT2D eigenvalue weighted by Crippen LogP contribution is -2.37. The van der Waals surface area contributed by atoms with Crippen molar-refractivity contribution in [3.8, 4) is 11.8 Å². The molecule has 0 saturated carbocycles. The summed E-state index contributed by atoms with van der Waals surface area (Å²) in [7, 11) is 1.61. The molecule has 33 heavy (non-hydrogen) atoms. The fourth-order valence-corrected chi connectivity index (χ4v) is 3.14. The van der Waals surface area contributed by atoms with E-state index in [1.807, 2.05) is 30.3 Å². The molecular formula is C24H22F2N4O3. The van der Waals surface area contributed by atoms with E-state index in [0.717, 1.165) is 11.8 Å². The summed E-state index contributed by atoms with van der Waals surface area (Å²) < 4.78 is 31.1. The van der Waals surface area contributed by atoms with Crippen LogP contribution in [0.5, 0.6) is 0 Å². The van der Waals surface area contributed by atoms with Gasteiger partial charge < -0.3 is 9.64 Å². The first-order valence-corrected chi connectivity index (χ1v) is 10.1. The summed E-state index contributed by atoms with van der Waals surface area (Å²) in [6.45, 7) is -1.22. The maximum Gasteiger partial charge on any atom is 0.333 e. The Labute approximate surface area is 190 Å². The number of carbonyl (C=O) groups is 2. The molecule has 0 fully saturated rings. The van der Waals surface area contributed by atoms with Gasteiger partial charge in [0.1, 0.15) is 6.10 Å². The fourth-order valence-electron chi connectivity index (χ4n) is 3.14. The lowest BCUT2D eigenvalue weighted by molar-refractivity contribution is -0.146. The van der Waals surface area contributed by atoms with Crippen LogP contribution < -0.4 is 0 Å². The van der Waals surface area contributed by atoms with E-state index in [2.05, 4.69) is 21.9 Å². The second kappa shape index (κ2) is 11.0. The summed E-state index contributed by atoms with van der Waals surface area (Å²) in [5.41, 5.74) is 2.04. The number of carbonyl (C=O) groups excluding carboxylic acids is 2. The summed E-state index contributed by atoms with van der Waals surface area (Å²) in [6, 6.07) is 11.1. The van der Waals surface area contributed by atoms with Crippen molar-refractivity contribution in [1.82, 2.24) is 19.7 Å². The van der Waals surface area contributed by atoms with Gasteiger partial charge in [0.25, 0.3) is 5.91 Å². The van der Waals surface area contributed by atoms with E-state index in [-0.39, 0.29) is 12.5 Å². The lowest BCUT2D eigenvalue weighted by Gasteiger charge is -2.24. The first kappa shape index (κ1) is 23.6. The van der Waals surface area contributed by atoms with Gasteiger partial charge >= 0.3 is 12.5 Å². The van der Waals surface area contributed by atoms with E-state index in [4.69, 9.17) is 4.74 Å². The molecule has 9 heteroatoms. The highest BCUT2D eigenvalue weighted by atomic mass is 19.3. The number of nitrogens with zero attached hydrogens (tertiary/aromatic N) is 4. The number of amides is 1. The zero-order chi connectivity index (χ0) is 23.8. The predicted octanol–water partition coefficient (Wildman–Crippen LogP) is 3.32. The first-order chi connectivity index (χ1) is 15.8. The van der Waals surface area contributed by atoms with Crippen LogP contribution in [0.25, 0.3) is 0 Å². The van der Waals surface area contributed by atoms with Gasteiger partial charge in [-0.2, -0.15) is 13.9 Å². The van der Waals surface area contributed by atoms with Crippen molar-refractivity contribution >= 4 is 11.9 Å². The molecule has 0 aliphatic carbocycles.